The number of benzene rings is 2. The zero-order valence-corrected chi connectivity index (χ0v) is 14.3. The van der Waals surface area contributed by atoms with Crippen LogP contribution in [-0.4, -0.2) is 24.5 Å². The lowest BCUT2D eigenvalue weighted by Gasteiger charge is -2.07. The van der Waals surface area contributed by atoms with Gasteiger partial charge in [0, 0.05) is 28.7 Å². The fraction of sp³-hybridized carbons (Fsp3) is 0.250. The molecule has 3 rings (SSSR count). The van der Waals surface area contributed by atoms with Crippen molar-refractivity contribution in [2.45, 2.75) is 20.3 Å². The van der Waals surface area contributed by atoms with Gasteiger partial charge in [0.1, 0.15) is 5.75 Å². The second-order valence-corrected chi connectivity index (χ2v) is 5.99. The zero-order valence-electron chi connectivity index (χ0n) is 14.3. The first kappa shape index (κ1) is 16.1. The van der Waals surface area contributed by atoms with Gasteiger partial charge in [-0.1, -0.05) is 12.1 Å². The molecule has 0 aliphatic heterocycles. The summed E-state index contributed by atoms with van der Waals surface area (Å²) in [5.41, 5.74) is 5.27. The van der Waals surface area contributed by atoms with Gasteiger partial charge in [-0.3, -0.25) is 4.79 Å². The van der Waals surface area contributed by atoms with E-state index in [1.54, 1.807) is 7.11 Å². The van der Waals surface area contributed by atoms with E-state index in [9.17, 15) is 4.79 Å². The lowest BCUT2D eigenvalue weighted by atomic mass is 10.1. The van der Waals surface area contributed by atoms with Crippen LogP contribution in [0.5, 0.6) is 5.75 Å². The van der Waals surface area contributed by atoms with Crippen molar-refractivity contribution in [1.29, 1.82) is 0 Å². The second-order valence-electron chi connectivity index (χ2n) is 5.99. The largest absolute Gasteiger partial charge is 0.497 e. The molecule has 0 spiro atoms. The fourth-order valence-corrected chi connectivity index (χ4v) is 2.82. The Labute approximate surface area is 141 Å². The van der Waals surface area contributed by atoms with E-state index in [1.165, 1.54) is 11.1 Å². The summed E-state index contributed by atoms with van der Waals surface area (Å²) >= 11 is 0. The van der Waals surface area contributed by atoms with Gasteiger partial charge in [0.2, 0.25) is 0 Å². The van der Waals surface area contributed by atoms with E-state index < -0.39 is 0 Å². The molecule has 4 nitrogen and oxygen atoms in total. The Hall–Kier alpha value is -2.75. The number of carbonyl (C=O) groups is 1. The number of rotatable bonds is 5. The van der Waals surface area contributed by atoms with Crippen LogP contribution in [0, 0.1) is 13.8 Å². The number of ether oxygens (including phenoxy) is 1. The van der Waals surface area contributed by atoms with Crippen LogP contribution in [0.15, 0.2) is 42.5 Å². The number of nitrogens with one attached hydrogen (secondary N) is 2. The van der Waals surface area contributed by atoms with E-state index in [2.05, 4.69) is 17.2 Å². The van der Waals surface area contributed by atoms with Gasteiger partial charge in [0.05, 0.1) is 7.11 Å². The topological polar surface area (TPSA) is 54.1 Å². The number of fused-ring (bicyclic) bond motifs is 1. The summed E-state index contributed by atoms with van der Waals surface area (Å²) in [7, 11) is 1.65. The minimum absolute atomic E-state index is 0.0383. The van der Waals surface area contributed by atoms with Gasteiger partial charge in [0.15, 0.2) is 0 Å². The van der Waals surface area contributed by atoms with Gasteiger partial charge in [-0.25, -0.2) is 0 Å². The normalized spacial score (nSPS) is 10.8. The third-order valence-electron chi connectivity index (χ3n) is 4.43. The summed E-state index contributed by atoms with van der Waals surface area (Å²) in [6.45, 7) is 4.72. The highest BCUT2D eigenvalue weighted by atomic mass is 16.5. The fourth-order valence-electron chi connectivity index (χ4n) is 2.82. The molecule has 0 atom stereocenters. The predicted molar refractivity (Wildman–Crippen MR) is 96.8 cm³/mol. The average Bonchev–Trinajstić information content (AvgIpc) is 2.89. The number of methoxy groups -OCH3 is 1. The first-order chi connectivity index (χ1) is 11.6. The zero-order chi connectivity index (χ0) is 17.1. The molecule has 24 heavy (non-hydrogen) atoms. The molecule has 2 aromatic carbocycles. The lowest BCUT2D eigenvalue weighted by Crippen LogP contribution is -2.25. The van der Waals surface area contributed by atoms with Crippen molar-refractivity contribution < 1.29 is 9.53 Å². The van der Waals surface area contributed by atoms with Crippen LogP contribution < -0.4 is 10.1 Å². The van der Waals surface area contributed by atoms with Gasteiger partial charge in [-0.2, -0.15) is 0 Å². The molecule has 4 heteroatoms. The molecule has 0 radical (unpaired) electrons. The van der Waals surface area contributed by atoms with Gasteiger partial charge >= 0.3 is 0 Å². The van der Waals surface area contributed by atoms with Crippen LogP contribution in [0.25, 0.3) is 10.9 Å². The number of carbonyl (C=O) groups excluding carboxylic acids is 1. The van der Waals surface area contributed by atoms with Crippen molar-refractivity contribution in [2.24, 2.45) is 0 Å². The Morgan fingerprint density at radius 2 is 1.88 bits per heavy atom. The third-order valence-corrected chi connectivity index (χ3v) is 4.43. The van der Waals surface area contributed by atoms with E-state index in [1.807, 2.05) is 49.4 Å². The maximum atomic E-state index is 12.4. The third kappa shape index (κ3) is 3.27. The molecule has 1 heterocycles. The minimum atomic E-state index is -0.0383. The Balaban J connectivity index is 1.63. The molecule has 0 bridgehead atoms. The summed E-state index contributed by atoms with van der Waals surface area (Å²) in [5, 5.41) is 4.09. The highest BCUT2D eigenvalue weighted by Gasteiger charge is 2.09. The van der Waals surface area contributed by atoms with Crippen LogP contribution in [0.2, 0.25) is 0 Å². The van der Waals surface area contributed by atoms with Gasteiger partial charge in [-0.05, 0) is 61.7 Å². The van der Waals surface area contributed by atoms with Crippen molar-refractivity contribution in [1.82, 2.24) is 10.3 Å². The quantitative estimate of drug-likeness (QED) is 0.751. The van der Waals surface area contributed by atoms with Crippen LogP contribution in [-0.2, 0) is 6.42 Å². The first-order valence-corrected chi connectivity index (χ1v) is 8.08. The Bertz CT molecular complexity index is 863. The number of hydrogen-bond acceptors (Lipinski definition) is 2. The highest BCUT2D eigenvalue weighted by Crippen LogP contribution is 2.22. The summed E-state index contributed by atoms with van der Waals surface area (Å²) in [6.07, 6.45) is 0.792. The van der Waals surface area contributed by atoms with Crippen LogP contribution >= 0.6 is 0 Å². The molecule has 1 aromatic heterocycles. The molecule has 2 N–H and O–H groups in total. The molecule has 3 aromatic rings. The summed E-state index contributed by atoms with van der Waals surface area (Å²) in [4.78, 5) is 15.7. The van der Waals surface area contributed by atoms with Crippen LogP contribution in [0.1, 0.15) is 27.2 Å². The molecular weight excluding hydrogens is 300 g/mol. The molecule has 0 saturated carbocycles. The molecule has 0 aliphatic carbocycles. The Kier molecular flexibility index (Phi) is 4.56. The number of aromatic nitrogens is 1. The molecule has 124 valence electrons. The van der Waals surface area contributed by atoms with Crippen molar-refractivity contribution >= 4 is 16.8 Å². The summed E-state index contributed by atoms with van der Waals surface area (Å²) in [6, 6.07) is 13.7. The van der Waals surface area contributed by atoms with Gasteiger partial charge < -0.3 is 15.0 Å². The van der Waals surface area contributed by atoms with Crippen molar-refractivity contribution in [2.75, 3.05) is 13.7 Å². The maximum absolute atomic E-state index is 12.4. The van der Waals surface area contributed by atoms with E-state index in [0.717, 1.165) is 28.8 Å². The number of hydrogen-bond donors (Lipinski definition) is 2. The number of aromatic amines is 1. The lowest BCUT2D eigenvalue weighted by molar-refractivity contribution is 0.0954. The monoisotopic (exact) mass is 322 g/mol. The molecular formula is C20H22N2O2. The average molecular weight is 322 g/mol. The van der Waals surface area contributed by atoms with E-state index in [-0.39, 0.29) is 5.91 Å². The van der Waals surface area contributed by atoms with Crippen LogP contribution in [0.4, 0.5) is 0 Å². The molecule has 0 unspecified atom stereocenters. The number of aryl methyl sites for hydroxylation is 2. The van der Waals surface area contributed by atoms with E-state index in [4.69, 9.17) is 4.74 Å². The predicted octanol–water partition coefficient (Wildman–Crippen LogP) is 3.77. The van der Waals surface area contributed by atoms with E-state index in [0.29, 0.717) is 12.1 Å². The van der Waals surface area contributed by atoms with Crippen molar-refractivity contribution in [3.63, 3.8) is 0 Å². The van der Waals surface area contributed by atoms with Gasteiger partial charge in [0.25, 0.3) is 5.91 Å². The minimum Gasteiger partial charge on any atom is -0.497 e. The smallest absolute Gasteiger partial charge is 0.251 e. The number of H-pyrrole nitrogens is 1. The summed E-state index contributed by atoms with van der Waals surface area (Å²) < 4.78 is 5.14. The Morgan fingerprint density at radius 3 is 2.58 bits per heavy atom. The molecule has 0 fully saturated rings. The SMILES string of the molecule is COc1ccc(CCNC(=O)c2ccc3[nH]c(C)c(C)c3c2)cc1. The van der Waals surface area contributed by atoms with Crippen LogP contribution in [0.3, 0.4) is 0 Å². The van der Waals surface area contributed by atoms with Crippen molar-refractivity contribution in [3.05, 3.63) is 64.8 Å². The van der Waals surface area contributed by atoms with E-state index >= 15 is 0 Å². The molecule has 1 amide bonds. The molecule has 0 aliphatic rings. The van der Waals surface area contributed by atoms with Crippen molar-refractivity contribution in [3.8, 4) is 5.75 Å². The first-order valence-electron chi connectivity index (χ1n) is 8.08. The maximum Gasteiger partial charge on any atom is 0.251 e. The number of amides is 1. The second kappa shape index (κ2) is 6.79. The Morgan fingerprint density at radius 1 is 1.12 bits per heavy atom. The highest BCUT2D eigenvalue weighted by molar-refractivity contribution is 5.99. The van der Waals surface area contributed by atoms with Gasteiger partial charge in [-0.15, -0.1) is 0 Å². The molecule has 0 saturated heterocycles. The standard InChI is InChI=1S/C20H22N2O2/c1-13-14(2)22-19-9-6-16(12-18(13)19)20(23)21-11-10-15-4-7-17(24-3)8-5-15/h4-9,12,22H,10-11H2,1-3H3,(H,21,23). The summed E-state index contributed by atoms with van der Waals surface area (Å²) in [5.74, 6) is 0.803.